The maximum absolute atomic E-state index is 4.64. The van der Waals surface area contributed by atoms with E-state index in [9.17, 15) is 0 Å². The fourth-order valence-electron chi connectivity index (χ4n) is 2.64. The molecule has 0 radical (unpaired) electrons. The Morgan fingerprint density at radius 1 is 1.29 bits per heavy atom. The fourth-order valence-corrected chi connectivity index (χ4v) is 2.64. The quantitative estimate of drug-likeness (QED) is 0.746. The van der Waals surface area contributed by atoms with Crippen molar-refractivity contribution < 1.29 is 0 Å². The Kier molecular flexibility index (Phi) is 2.73. The molecule has 0 aliphatic carbocycles. The predicted molar refractivity (Wildman–Crippen MR) is 79.1 cm³/mol. The van der Waals surface area contributed by atoms with Crippen LogP contribution in [-0.4, -0.2) is 42.6 Å². The van der Waals surface area contributed by atoms with E-state index in [0.717, 1.165) is 43.3 Å². The second kappa shape index (κ2) is 4.72. The number of imidazole rings is 2. The molecule has 1 aliphatic rings. The van der Waals surface area contributed by atoms with Crippen LogP contribution in [0.5, 0.6) is 0 Å². The average Bonchev–Trinajstić information content (AvgIpc) is 3.14. The first kappa shape index (κ1) is 12.1. The van der Waals surface area contributed by atoms with Crippen LogP contribution < -0.4 is 10.2 Å². The average molecular weight is 284 g/mol. The molecule has 8 nitrogen and oxygen atoms in total. The van der Waals surface area contributed by atoms with Gasteiger partial charge in [0.25, 0.3) is 0 Å². The smallest absolute Gasteiger partial charge is 0.226 e. The van der Waals surface area contributed by atoms with Gasteiger partial charge in [0.15, 0.2) is 11.5 Å². The number of hydrogen-bond donors (Lipinski definition) is 2. The first-order chi connectivity index (χ1) is 10.3. The number of hydrogen-bond acceptors (Lipinski definition) is 6. The molecular formula is C13H16N8. The van der Waals surface area contributed by atoms with Crippen molar-refractivity contribution in [1.29, 1.82) is 0 Å². The Hall–Kier alpha value is -2.64. The standard InChI is InChI=1S/C13H16N8/c1-2-14-13-18-11-10(16-8-17-11)12(19-13)21-6-5-20-4-3-15-9(20)7-21/h3-4,8H,2,5-7H2,1H3,(H2,14,16,17,18,19). The number of nitrogens with zero attached hydrogens (tertiary/aromatic N) is 6. The molecular weight excluding hydrogens is 268 g/mol. The molecule has 0 saturated carbocycles. The van der Waals surface area contributed by atoms with Gasteiger partial charge in [-0.05, 0) is 6.92 Å². The molecule has 0 amide bonds. The second-order valence-electron chi connectivity index (χ2n) is 4.96. The Morgan fingerprint density at radius 3 is 3.14 bits per heavy atom. The minimum absolute atomic E-state index is 0.612. The van der Waals surface area contributed by atoms with E-state index >= 15 is 0 Å². The van der Waals surface area contributed by atoms with E-state index < -0.39 is 0 Å². The maximum atomic E-state index is 4.64. The molecule has 0 atom stereocenters. The molecule has 0 saturated heterocycles. The summed E-state index contributed by atoms with van der Waals surface area (Å²) in [5.41, 5.74) is 1.56. The molecule has 8 heteroatoms. The van der Waals surface area contributed by atoms with Gasteiger partial charge in [0.1, 0.15) is 11.3 Å². The number of nitrogens with one attached hydrogen (secondary N) is 2. The normalized spacial score (nSPS) is 14.4. The third-order valence-electron chi connectivity index (χ3n) is 3.65. The van der Waals surface area contributed by atoms with Crippen LogP contribution in [-0.2, 0) is 13.1 Å². The van der Waals surface area contributed by atoms with Gasteiger partial charge >= 0.3 is 0 Å². The number of H-pyrrole nitrogens is 1. The van der Waals surface area contributed by atoms with Gasteiger partial charge in [-0.3, -0.25) is 0 Å². The molecule has 21 heavy (non-hydrogen) atoms. The first-order valence-electron chi connectivity index (χ1n) is 7.05. The Balaban J connectivity index is 1.77. The zero-order chi connectivity index (χ0) is 14.2. The summed E-state index contributed by atoms with van der Waals surface area (Å²) >= 11 is 0. The van der Waals surface area contributed by atoms with Crippen molar-refractivity contribution in [1.82, 2.24) is 29.5 Å². The third kappa shape index (κ3) is 1.99. The Morgan fingerprint density at radius 2 is 2.24 bits per heavy atom. The molecule has 108 valence electrons. The summed E-state index contributed by atoms with van der Waals surface area (Å²) in [6, 6.07) is 0. The van der Waals surface area contributed by atoms with Crippen molar-refractivity contribution in [3.63, 3.8) is 0 Å². The van der Waals surface area contributed by atoms with Crippen LogP contribution in [0.4, 0.5) is 11.8 Å². The topological polar surface area (TPSA) is 87.5 Å². The lowest BCUT2D eigenvalue weighted by molar-refractivity contribution is 0.557. The van der Waals surface area contributed by atoms with Crippen LogP contribution in [0.1, 0.15) is 12.7 Å². The van der Waals surface area contributed by atoms with Gasteiger partial charge in [0.05, 0.1) is 12.9 Å². The Bertz CT molecular complexity index is 773. The van der Waals surface area contributed by atoms with Crippen molar-refractivity contribution >= 4 is 22.9 Å². The van der Waals surface area contributed by atoms with Crippen LogP contribution >= 0.6 is 0 Å². The largest absolute Gasteiger partial charge is 0.354 e. The lowest BCUT2D eigenvalue weighted by Gasteiger charge is -2.28. The summed E-state index contributed by atoms with van der Waals surface area (Å²) in [4.78, 5) is 23.0. The van der Waals surface area contributed by atoms with Crippen molar-refractivity contribution in [3.8, 4) is 0 Å². The van der Waals surface area contributed by atoms with Crippen LogP contribution in [0.3, 0.4) is 0 Å². The van der Waals surface area contributed by atoms with Crippen molar-refractivity contribution in [2.24, 2.45) is 0 Å². The molecule has 0 fully saturated rings. The van der Waals surface area contributed by atoms with E-state index in [1.165, 1.54) is 0 Å². The highest BCUT2D eigenvalue weighted by atomic mass is 15.3. The molecule has 3 aromatic heterocycles. The minimum atomic E-state index is 0.612. The monoisotopic (exact) mass is 284 g/mol. The minimum Gasteiger partial charge on any atom is -0.354 e. The number of rotatable bonds is 3. The lowest BCUT2D eigenvalue weighted by Crippen LogP contribution is -2.34. The Labute approximate surface area is 121 Å². The predicted octanol–water partition coefficient (Wildman–Crippen LogP) is 1.00. The summed E-state index contributed by atoms with van der Waals surface area (Å²) in [5, 5.41) is 3.16. The molecule has 2 N–H and O–H groups in total. The van der Waals surface area contributed by atoms with Crippen molar-refractivity contribution in [2.75, 3.05) is 23.3 Å². The zero-order valence-corrected chi connectivity index (χ0v) is 11.7. The van der Waals surface area contributed by atoms with E-state index in [2.05, 4.69) is 39.7 Å². The van der Waals surface area contributed by atoms with Gasteiger partial charge in [-0.1, -0.05) is 0 Å². The van der Waals surface area contributed by atoms with E-state index in [1.807, 2.05) is 19.3 Å². The summed E-state index contributed by atoms with van der Waals surface area (Å²) in [6.07, 6.45) is 5.51. The van der Waals surface area contributed by atoms with E-state index in [4.69, 9.17) is 0 Å². The van der Waals surface area contributed by atoms with Gasteiger partial charge in [0, 0.05) is 32.0 Å². The molecule has 1 aliphatic heterocycles. The summed E-state index contributed by atoms with van der Waals surface area (Å²) in [7, 11) is 0. The molecule has 0 bridgehead atoms. The third-order valence-corrected chi connectivity index (χ3v) is 3.65. The highest BCUT2D eigenvalue weighted by Gasteiger charge is 2.21. The first-order valence-corrected chi connectivity index (χ1v) is 7.05. The second-order valence-corrected chi connectivity index (χ2v) is 4.96. The van der Waals surface area contributed by atoms with Gasteiger partial charge < -0.3 is 19.8 Å². The summed E-state index contributed by atoms with van der Waals surface area (Å²) in [5.74, 6) is 2.54. The molecule has 0 spiro atoms. The number of fused-ring (bicyclic) bond motifs is 2. The van der Waals surface area contributed by atoms with E-state index in [0.29, 0.717) is 11.6 Å². The highest BCUT2D eigenvalue weighted by molar-refractivity contribution is 5.84. The molecule has 4 rings (SSSR count). The molecule has 3 aromatic rings. The fraction of sp³-hybridized carbons (Fsp3) is 0.385. The van der Waals surface area contributed by atoms with Crippen LogP contribution in [0.25, 0.3) is 11.2 Å². The van der Waals surface area contributed by atoms with E-state index in [1.54, 1.807) is 6.33 Å². The summed E-state index contributed by atoms with van der Waals surface area (Å²) in [6.45, 7) is 5.34. The van der Waals surface area contributed by atoms with Gasteiger partial charge in [0.2, 0.25) is 5.95 Å². The maximum Gasteiger partial charge on any atom is 0.226 e. The SMILES string of the molecule is CCNc1nc(N2CCn3ccnc3C2)c2[nH]cnc2n1. The van der Waals surface area contributed by atoms with Crippen molar-refractivity contribution in [2.45, 2.75) is 20.0 Å². The number of aromatic amines is 1. The molecule has 0 unspecified atom stereocenters. The summed E-state index contributed by atoms with van der Waals surface area (Å²) < 4.78 is 2.17. The molecule has 0 aromatic carbocycles. The van der Waals surface area contributed by atoms with Crippen molar-refractivity contribution in [3.05, 3.63) is 24.5 Å². The van der Waals surface area contributed by atoms with Crippen LogP contribution in [0.15, 0.2) is 18.7 Å². The number of anilines is 2. The van der Waals surface area contributed by atoms with E-state index in [-0.39, 0.29) is 0 Å². The number of aromatic nitrogens is 6. The van der Waals surface area contributed by atoms with Crippen LogP contribution in [0.2, 0.25) is 0 Å². The zero-order valence-electron chi connectivity index (χ0n) is 11.7. The van der Waals surface area contributed by atoms with Gasteiger partial charge in [-0.15, -0.1) is 0 Å². The van der Waals surface area contributed by atoms with Gasteiger partial charge in [-0.2, -0.15) is 9.97 Å². The van der Waals surface area contributed by atoms with Crippen LogP contribution in [0, 0.1) is 0 Å². The molecule has 4 heterocycles. The lowest BCUT2D eigenvalue weighted by atomic mass is 10.3. The highest BCUT2D eigenvalue weighted by Crippen LogP contribution is 2.25. The van der Waals surface area contributed by atoms with Gasteiger partial charge in [-0.25, -0.2) is 9.97 Å².